The third-order valence-electron chi connectivity index (χ3n) is 4.49. The maximum absolute atomic E-state index is 2.33. The molecular weight excluding hydrogens is 284 g/mol. The fourth-order valence-corrected chi connectivity index (χ4v) is 4.34. The van der Waals surface area contributed by atoms with Crippen molar-refractivity contribution in [1.29, 1.82) is 0 Å². The van der Waals surface area contributed by atoms with Gasteiger partial charge in [0.1, 0.15) is 0 Å². The summed E-state index contributed by atoms with van der Waals surface area (Å²) in [5.41, 5.74) is 1.32. The number of benzene rings is 4. The molecule has 0 aliphatic carbocycles. The topological polar surface area (TPSA) is 0 Å². The Morgan fingerprint density at radius 1 is 0.636 bits per heavy atom. The van der Waals surface area contributed by atoms with Gasteiger partial charge in [-0.25, -0.2) is 0 Å². The first-order valence-corrected chi connectivity index (χ1v) is 8.36. The van der Waals surface area contributed by atoms with Crippen LogP contribution in [0, 0.1) is 6.92 Å². The monoisotopic (exact) mass is 298 g/mol. The predicted molar refractivity (Wildman–Crippen MR) is 98.2 cm³/mol. The van der Waals surface area contributed by atoms with E-state index in [-0.39, 0.29) is 0 Å². The fraction of sp³-hybridized carbons (Fsp3) is 0.0476. The van der Waals surface area contributed by atoms with E-state index in [1.807, 2.05) is 11.3 Å². The van der Waals surface area contributed by atoms with E-state index >= 15 is 0 Å². The Hall–Kier alpha value is -2.38. The van der Waals surface area contributed by atoms with Crippen molar-refractivity contribution in [3.8, 4) is 10.4 Å². The quantitative estimate of drug-likeness (QED) is 0.305. The molecule has 0 atom stereocenters. The van der Waals surface area contributed by atoms with Gasteiger partial charge in [0.05, 0.1) is 0 Å². The summed E-state index contributed by atoms with van der Waals surface area (Å²) in [4.78, 5) is 2.71. The molecule has 5 rings (SSSR count). The molecule has 0 aliphatic heterocycles. The van der Waals surface area contributed by atoms with Crippen LogP contribution in [-0.4, -0.2) is 0 Å². The molecule has 0 aliphatic rings. The van der Waals surface area contributed by atoms with Crippen molar-refractivity contribution in [2.45, 2.75) is 6.92 Å². The highest BCUT2D eigenvalue weighted by Crippen LogP contribution is 2.38. The van der Waals surface area contributed by atoms with E-state index in [2.05, 4.69) is 73.7 Å². The van der Waals surface area contributed by atoms with Crippen LogP contribution in [0.25, 0.3) is 42.8 Å². The molecule has 0 nitrogen and oxygen atoms in total. The molecule has 0 saturated carbocycles. The maximum atomic E-state index is 2.33. The molecule has 0 bridgehead atoms. The SMILES string of the molecule is Cc1ccc(-c2cc3ccc4cccc5ccc(c2)c3c45)s1. The van der Waals surface area contributed by atoms with Gasteiger partial charge in [0.2, 0.25) is 0 Å². The van der Waals surface area contributed by atoms with Gasteiger partial charge in [0.25, 0.3) is 0 Å². The van der Waals surface area contributed by atoms with Crippen LogP contribution < -0.4 is 0 Å². The molecule has 1 aromatic heterocycles. The number of thiophene rings is 1. The summed E-state index contributed by atoms with van der Waals surface area (Å²) in [6, 6.07) is 24.6. The lowest BCUT2D eigenvalue weighted by atomic mass is 9.93. The van der Waals surface area contributed by atoms with Crippen LogP contribution in [0.15, 0.2) is 66.7 Å². The summed E-state index contributed by atoms with van der Waals surface area (Å²) in [7, 11) is 0. The van der Waals surface area contributed by atoms with Crippen molar-refractivity contribution in [2.24, 2.45) is 0 Å². The molecule has 0 unspecified atom stereocenters. The molecule has 0 N–H and O–H groups in total. The largest absolute Gasteiger partial charge is 0.141 e. The second kappa shape index (κ2) is 4.31. The first-order chi connectivity index (χ1) is 10.8. The van der Waals surface area contributed by atoms with Crippen LogP contribution in [-0.2, 0) is 0 Å². The Morgan fingerprint density at radius 2 is 1.23 bits per heavy atom. The lowest BCUT2D eigenvalue weighted by Crippen LogP contribution is -1.84. The molecule has 4 aromatic carbocycles. The van der Waals surface area contributed by atoms with Crippen molar-refractivity contribution in [1.82, 2.24) is 0 Å². The minimum absolute atomic E-state index is 1.32. The maximum Gasteiger partial charge on any atom is 0.0345 e. The second-order valence-electron chi connectivity index (χ2n) is 5.92. The Balaban J connectivity index is 1.94. The lowest BCUT2D eigenvalue weighted by Gasteiger charge is -2.12. The van der Waals surface area contributed by atoms with Crippen LogP contribution in [0.5, 0.6) is 0 Å². The van der Waals surface area contributed by atoms with Gasteiger partial charge in [-0.15, -0.1) is 11.3 Å². The zero-order valence-corrected chi connectivity index (χ0v) is 13.1. The van der Waals surface area contributed by atoms with Gasteiger partial charge in [-0.2, -0.15) is 0 Å². The average molecular weight is 298 g/mol. The summed E-state index contributed by atoms with van der Waals surface area (Å²) in [5, 5.41) is 8.12. The lowest BCUT2D eigenvalue weighted by molar-refractivity contribution is 1.64. The summed E-state index contributed by atoms with van der Waals surface area (Å²) < 4.78 is 0. The first-order valence-electron chi connectivity index (χ1n) is 7.54. The van der Waals surface area contributed by atoms with Crippen molar-refractivity contribution in [2.75, 3.05) is 0 Å². The molecule has 1 heterocycles. The zero-order valence-electron chi connectivity index (χ0n) is 12.3. The van der Waals surface area contributed by atoms with Crippen molar-refractivity contribution in [3.05, 3.63) is 71.6 Å². The fourth-order valence-electron chi connectivity index (χ4n) is 3.49. The minimum atomic E-state index is 1.32. The highest BCUT2D eigenvalue weighted by atomic mass is 32.1. The Kier molecular flexibility index (Phi) is 2.39. The Bertz CT molecular complexity index is 1070. The number of rotatable bonds is 1. The Labute approximate surface area is 133 Å². The van der Waals surface area contributed by atoms with Crippen LogP contribution in [0.2, 0.25) is 0 Å². The molecule has 5 aromatic rings. The number of aryl methyl sites for hydroxylation is 1. The van der Waals surface area contributed by atoms with Gasteiger partial charge < -0.3 is 0 Å². The normalized spacial score (nSPS) is 11.9. The summed E-state index contributed by atoms with van der Waals surface area (Å²) in [6.07, 6.45) is 0. The number of hydrogen-bond donors (Lipinski definition) is 0. The average Bonchev–Trinajstić information content (AvgIpc) is 2.99. The molecule has 0 fully saturated rings. The third kappa shape index (κ3) is 1.63. The van der Waals surface area contributed by atoms with E-state index in [1.165, 1.54) is 47.6 Å². The van der Waals surface area contributed by atoms with Crippen molar-refractivity contribution in [3.63, 3.8) is 0 Å². The third-order valence-corrected chi connectivity index (χ3v) is 5.54. The standard InChI is InChI=1S/C21H14S/c1-13-5-10-19(22-13)18-11-16-8-6-14-3-2-4-15-7-9-17(12-18)21(16)20(14)15/h2-12H,1H3. The van der Waals surface area contributed by atoms with Crippen LogP contribution in [0.4, 0.5) is 0 Å². The van der Waals surface area contributed by atoms with E-state index in [0.717, 1.165) is 0 Å². The van der Waals surface area contributed by atoms with Crippen molar-refractivity contribution >= 4 is 43.7 Å². The van der Waals surface area contributed by atoms with E-state index in [1.54, 1.807) is 0 Å². The molecule has 104 valence electrons. The Morgan fingerprint density at radius 3 is 1.82 bits per heavy atom. The van der Waals surface area contributed by atoms with Crippen LogP contribution in [0.3, 0.4) is 0 Å². The summed E-state index contributed by atoms with van der Waals surface area (Å²) in [5.74, 6) is 0. The van der Waals surface area contributed by atoms with Gasteiger partial charge in [0, 0.05) is 9.75 Å². The smallest absolute Gasteiger partial charge is 0.0345 e. The van der Waals surface area contributed by atoms with E-state index in [9.17, 15) is 0 Å². The predicted octanol–water partition coefficient (Wildman–Crippen LogP) is 6.62. The first kappa shape index (κ1) is 12.2. The summed E-state index contributed by atoms with van der Waals surface area (Å²) >= 11 is 1.86. The summed E-state index contributed by atoms with van der Waals surface area (Å²) in [6.45, 7) is 2.17. The van der Waals surface area contributed by atoms with Gasteiger partial charge in [-0.05, 0) is 69.1 Å². The van der Waals surface area contributed by atoms with Gasteiger partial charge in [0.15, 0.2) is 0 Å². The van der Waals surface area contributed by atoms with Crippen molar-refractivity contribution < 1.29 is 0 Å². The number of hydrogen-bond acceptors (Lipinski definition) is 1. The van der Waals surface area contributed by atoms with Crippen LogP contribution in [0.1, 0.15) is 4.88 Å². The van der Waals surface area contributed by atoms with Crippen LogP contribution >= 0.6 is 11.3 Å². The van der Waals surface area contributed by atoms with Gasteiger partial charge in [-0.3, -0.25) is 0 Å². The molecular formula is C21H14S. The minimum Gasteiger partial charge on any atom is -0.141 e. The molecule has 0 amide bonds. The van der Waals surface area contributed by atoms with E-state index in [4.69, 9.17) is 0 Å². The van der Waals surface area contributed by atoms with Gasteiger partial charge >= 0.3 is 0 Å². The second-order valence-corrected chi connectivity index (χ2v) is 7.21. The molecule has 0 spiro atoms. The highest BCUT2D eigenvalue weighted by molar-refractivity contribution is 7.15. The molecule has 0 saturated heterocycles. The molecule has 22 heavy (non-hydrogen) atoms. The zero-order chi connectivity index (χ0) is 14.7. The molecule has 1 heteroatoms. The van der Waals surface area contributed by atoms with E-state index < -0.39 is 0 Å². The molecule has 0 radical (unpaired) electrons. The van der Waals surface area contributed by atoms with Gasteiger partial charge in [-0.1, -0.05) is 42.5 Å². The van der Waals surface area contributed by atoms with E-state index in [0.29, 0.717) is 0 Å². The highest BCUT2D eigenvalue weighted by Gasteiger charge is 2.10.